The van der Waals surface area contributed by atoms with Crippen molar-refractivity contribution in [3.63, 3.8) is 0 Å². The SMILES string of the molecule is NC(N)=NN=C(c1nc2ccc([N+](=O)[O-])cc2[nH]c1=O)C(O)c1ccco1. The monoisotopic (exact) mass is 371 g/mol. The Morgan fingerprint density at radius 3 is 2.74 bits per heavy atom. The van der Waals surface area contributed by atoms with Crippen molar-refractivity contribution in [1.82, 2.24) is 9.97 Å². The van der Waals surface area contributed by atoms with Crippen molar-refractivity contribution in [2.24, 2.45) is 21.7 Å². The van der Waals surface area contributed by atoms with E-state index in [4.69, 9.17) is 15.9 Å². The Morgan fingerprint density at radius 1 is 1.33 bits per heavy atom. The number of H-pyrrole nitrogens is 1. The minimum atomic E-state index is -1.48. The number of rotatable bonds is 5. The molecule has 3 aromatic rings. The summed E-state index contributed by atoms with van der Waals surface area (Å²) in [5.41, 5.74) is 9.39. The molecular weight excluding hydrogens is 358 g/mol. The molecule has 1 aromatic carbocycles. The first-order valence-electron chi connectivity index (χ1n) is 7.43. The van der Waals surface area contributed by atoms with Crippen LogP contribution in [-0.2, 0) is 0 Å². The predicted octanol–water partition coefficient (Wildman–Crippen LogP) is 0.135. The van der Waals surface area contributed by atoms with Crippen molar-refractivity contribution in [1.29, 1.82) is 0 Å². The van der Waals surface area contributed by atoms with E-state index in [-0.39, 0.29) is 33.9 Å². The van der Waals surface area contributed by atoms with Crippen molar-refractivity contribution in [2.75, 3.05) is 0 Å². The maximum Gasteiger partial charge on any atom is 0.276 e. The lowest BCUT2D eigenvalue weighted by atomic mass is 10.1. The molecular formula is C15H13N7O5. The third-order valence-electron chi connectivity index (χ3n) is 3.47. The Hall–Kier alpha value is -4.06. The third-order valence-corrected chi connectivity index (χ3v) is 3.47. The van der Waals surface area contributed by atoms with Crippen LogP contribution in [0, 0.1) is 10.1 Å². The Labute approximate surface area is 150 Å². The molecule has 1 unspecified atom stereocenters. The number of aliphatic hydroxyl groups is 1. The minimum Gasteiger partial charge on any atom is -0.466 e. The van der Waals surface area contributed by atoms with Gasteiger partial charge in [0, 0.05) is 12.1 Å². The number of hydrogen-bond acceptors (Lipinski definition) is 8. The lowest BCUT2D eigenvalue weighted by Crippen LogP contribution is -2.26. The molecule has 0 bridgehead atoms. The summed E-state index contributed by atoms with van der Waals surface area (Å²) in [6.07, 6.45) is -0.152. The Kier molecular flexibility index (Phi) is 4.64. The number of furan rings is 1. The average Bonchev–Trinajstić information content (AvgIpc) is 3.15. The van der Waals surface area contributed by atoms with Crippen molar-refractivity contribution in [3.8, 4) is 0 Å². The second kappa shape index (κ2) is 7.05. The highest BCUT2D eigenvalue weighted by Gasteiger charge is 2.25. The van der Waals surface area contributed by atoms with E-state index in [1.807, 2.05) is 0 Å². The number of nitro benzene ring substituents is 1. The van der Waals surface area contributed by atoms with Crippen LogP contribution < -0.4 is 17.0 Å². The van der Waals surface area contributed by atoms with Crippen LogP contribution >= 0.6 is 0 Å². The largest absolute Gasteiger partial charge is 0.466 e. The van der Waals surface area contributed by atoms with E-state index < -0.39 is 22.5 Å². The predicted molar refractivity (Wildman–Crippen MR) is 95.0 cm³/mol. The molecule has 0 saturated heterocycles. The number of fused-ring (bicyclic) bond motifs is 1. The molecule has 27 heavy (non-hydrogen) atoms. The maximum absolute atomic E-state index is 12.5. The Balaban J connectivity index is 2.18. The summed E-state index contributed by atoms with van der Waals surface area (Å²) in [6, 6.07) is 6.75. The zero-order valence-electron chi connectivity index (χ0n) is 13.6. The molecule has 3 rings (SSSR count). The molecule has 0 radical (unpaired) electrons. The van der Waals surface area contributed by atoms with E-state index in [9.17, 15) is 20.0 Å². The number of aliphatic hydroxyl groups excluding tert-OH is 1. The number of non-ortho nitro benzene ring substituents is 1. The van der Waals surface area contributed by atoms with Crippen molar-refractivity contribution in [3.05, 3.63) is 68.5 Å². The summed E-state index contributed by atoms with van der Waals surface area (Å²) in [6.45, 7) is 0. The molecule has 1 atom stereocenters. The number of nitrogens with two attached hydrogens (primary N) is 2. The third kappa shape index (κ3) is 3.64. The molecule has 0 saturated carbocycles. The second-order valence-corrected chi connectivity index (χ2v) is 5.30. The van der Waals surface area contributed by atoms with Crippen molar-refractivity contribution in [2.45, 2.75) is 6.10 Å². The molecule has 0 aliphatic rings. The summed E-state index contributed by atoms with van der Waals surface area (Å²) in [5, 5.41) is 28.5. The lowest BCUT2D eigenvalue weighted by molar-refractivity contribution is -0.384. The van der Waals surface area contributed by atoms with E-state index in [0.717, 1.165) is 0 Å². The number of benzene rings is 1. The molecule has 0 aliphatic heterocycles. The lowest BCUT2D eigenvalue weighted by Gasteiger charge is -2.10. The molecule has 12 nitrogen and oxygen atoms in total. The van der Waals surface area contributed by atoms with Gasteiger partial charge in [0.15, 0.2) is 11.8 Å². The molecule has 6 N–H and O–H groups in total. The number of nitro groups is 1. The molecule has 2 aromatic heterocycles. The fourth-order valence-corrected chi connectivity index (χ4v) is 2.29. The van der Waals surface area contributed by atoms with Gasteiger partial charge in [-0.2, -0.15) is 0 Å². The normalized spacial score (nSPS) is 12.7. The fourth-order valence-electron chi connectivity index (χ4n) is 2.29. The van der Waals surface area contributed by atoms with Crippen LogP contribution in [0.25, 0.3) is 11.0 Å². The maximum atomic E-state index is 12.5. The van der Waals surface area contributed by atoms with Crippen molar-refractivity contribution >= 4 is 28.4 Å². The Bertz CT molecular complexity index is 1110. The molecule has 0 aliphatic carbocycles. The molecule has 138 valence electrons. The minimum absolute atomic E-state index is 0.0875. The molecule has 0 amide bonds. The van der Waals surface area contributed by atoms with E-state index in [1.165, 1.54) is 36.6 Å². The standard InChI is InChI=1S/C15H13N7O5/c16-15(17)21-20-11(13(23)10-2-1-5-27-10)12-14(24)19-9-6-7(22(25)26)3-4-8(9)18-12/h1-6,13,23H,(H,19,24)(H4,16,17,21). The summed E-state index contributed by atoms with van der Waals surface area (Å²) < 4.78 is 5.12. The highest BCUT2D eigenvalue weighted by atomic mass is 16.6. The number of nitrogens with one attached hydrogen (secondary N) is 1. The van der Waals surface area contributed by atoms with Gasteiger partial charge in [-0.3, -0.25) is 14.9 Å². The van der Waals surface area contributed by atoms with Gasteiger partial charge >= 0.3 is 0 Å². The van der Waals surface area contributed by atoms with Gasteiger partial charge in [-0.25, -0.2) is 4.98 Å². The average molecular weight is 371 g/mol. The van der Waals surface area contributed by atoms with Crippen molar-refractivity contribution < 1.29 is 14.4 Å². The summed E-state index contributed by atoms with van der Waals surface area (Å²) in [5.74, 6) is -0.309. The van der Waals surface area contributed by atoms with Crippen LogP contribution in [-0.4, -0.2) is 31.7 Å². The number of aromatic nitrogens is 2. The highest BCUT2D eigenvalue weighted by molar-refractivity contribution is 6.03. The topological polar surface area (TPSA) is 199 Å². The van der Waals surface area contributed by atoms with Gasteiger partial charge in [-0.15, -0.1) is 10.2 Å². The molecule has 0 fully saturated rings. The van der Waals surface area contributed by atoms with Gasteiger partial charge < -0.3 is 26.0 Å². The summed E-state index contributed by atoms with van der Waals surface area (Å²) >= 11 is 0. The number of nitrogens with zero attached hydrogens (tertiary/aromatic N) is 4. The second-order valence-electron chi connectivity index (χ2n) is 5.30. The number of hydrogen-bond donors (Lipinski definition) is 4. The van der Waals surface area contributed by atoms with Gasteiger partial charge in [0.2, 0.25) is 5.96 Å². The Morgan fingerprint density at radius 2 is 2.11 bits per heavy atom. The smallest absolute Gasteiger partial charge is 0.276 e. The first-order valence-corrected chi connectivity index (χ1v) is 7.43. The van der Waals surface area contributed by atoms with Gasteiger partial charge in [0.25, 0.3) is 11.2 Å². The van der Waals surface area contributed by atoms with Crippen LogP contribution in [0.3, 0.4) is 0 Å². The van der Waals surface area contributed by atoms with Crippen LogP contribution in [0.1, 0.15) is 17.6 Å². The van der Waals surface area contributed by atoms with Crippen LogP contribution in [0.5, 0.6) is 0 Å². The van der Waals surface area contributed by atoms with E-state index >= 15 is 0 Å². The van der Waals surface area contributed by atoms with Crippen LogP contribution in [0.2, 0.25) is 0 Å². The highest BCUT2D eigenvalue weighted by Crippen LogP contribution is 2.20. The van der Waals surface area contributed by atoms with Crippen LogP contribution in [0.4, 0.5) is 5.69 Å². The van der Waals surface area contributed by atoms with E-state index in [1.54, 1.807) is 0 Å². The van der Waals surface area contributed by atoms with Crippen LogP contribution in [0.15, 0.2) is 56.0 Å². The summed E-state index contributed by atoms with van der Waals surface area (Å²) in [7, 11) is 0. The first kappa shape index (κ1) is 17.8. The van der Waals surface area contributed by atoms with Gasteiger partial charge in [-0.05, 0) is 18.2 Å². The van der Waals surface area contributed by atoms with E-state index in [2.05, 4.69) is 20.2 Å². The quantitative estimate of drug-likeness (QED) is 0.210. The van der Waals surface area contributed by atoms with Gasteiger partial charge in [-0.1, -0.05) is 0 Å². The molecule has 2 heterocycles. The zero-order chi connectivity index (χ0) is 19.6. The number of aromatic amines is 1. The first-order chi connectivity index (χ1) is 12.9. The fraction of sp³-hybridized carbons (Fsp3) is 0.0667. The summed E-state index contributed by atoms with van der Waals surface area (Å²) in [4.78, 5) is 29.3. The zero-order valence-corrected chi connectivity index (χ0v) is 13.6. The van der Waals surface area contributed by atoms with Gasteiger partial charge in [0.05, 0.1) is 22.2 Å². The molecule has 12 heteroatoms. The van der Waals surface area contributed by atoms with Gasteiger partial charge in [0.1, 0.15) is 11.5 Å². The van der Waals surface area contributed by atoms with E-state index in [0.29, 0.717) is 0 Å². The molecule has 0 spiro atoms. The number of guanidine groups is 1.